The van der Waals surface area contributed by atoms with Crippen molar-refractivity contribution in [2.45, 2.75) is 12.6 Å². The van der Waals surface area contributed by atoms with Gasteiger partial charge >= 0.3 is 0 Å². The number of rotatable bonds is 7. The van der Waals surface area contributed by atoms with Gasteiger partial charge in [-0.05, 0) is 35.4 Å². The van der Waals surface area contributed by atoms with Crippen LogP contribution in [0.3, 0.4) is 0 Å². The highest BCUT2D eigenvalue weighted by molar-refractivity contribution is 5.94. The molecule has 27 heavy (non-hydrogen) atoms. The second-order valence-corrected chi connectivity index (χ2v) is 6.55. The van der Waals surface area contributed by atoms with Gasteiger partial charge in [-0.25, -0.2) is 0 Å². The van der Waals surface area contributed by atoms with Gasteiger partial charge in [-0.2, -0.15) is 0 Å². The second kappa shape index (κ2) is 9.50. The number of carbonyl (C=O) groups is 1. The minimum atomic E-state index is -0.0784. The summed E-state index contributed by atoms with van der Waals surface area (Å²) in [6, 6.07) is 15.5. The van der Waals surface area contributed by atoms with Crippen LogP contribution in [0.15, 0.2) is 48.5 Å². The topological polar surface area (TPSA) is 76.8 Å². The molecule has 1 aliphatic heterocycles. The van der Waals surface area contributed by atoms with E-state index in [1.807, 2.05) is 36.4 Å². The number of carbonyl (C=O) groups excluding carboxylic acids is 1. The third-order valence-electron chi connectivity index (χ3n) is 4.89. The molecule has 6 nitrogen and oxygen atoms in total. The highest BCUT2D eigenvalue weighted by Crippen LogP contribution is 2.23. The normalized spacial score (nSPS) is 15.9. The Morgan fingerprint density at radius 1 is 1.15 bits per heavy atom. The number of morpholine rings is 1. The Hall–Kier alpha value is -2.41. The molecule has 0 bridgehead atoms. The Morgan fingerprint density at radius 3 is 2.41 bits per heavy atom. The molecule has 0 aromatic heterocycles. The third kappa shape index (κ3) is 5.07. The van der Waals surface area contributed by atoms with E-state index >= 15 is 0 Å². The number of nitrogens with one attached hydrogen (secondary N) is 1. The summed E-state index contributed by atoms with van der Waals surface area (Å²) in [4.78, 5) is 14.9. The largest absolute Gasteiger partial charge is 0.497 e. The summed E-state index contributed by atoms with van der Waals surface area (Å²) >= 11 is 0. The van der Waals surface area contributed by atoms with Crippen LogP contribution in [-0.4, -0.2) is 50.8 Å². The first-order chi connectivity index (χ1) is 13.2. The quantitative estimate of drug-likeness (QED) is 0.780. The summed E-state index contributed by atoms with van der Waals surface area (Å²) in [5.41, 5.74) is 8.42. The molecule has 2 aromatic rings. The molecule has 2 aromatic carbocycles. The smallest absolute Gasteiger partial charge is 0.251 e. The first-order valence-electron chi connectivity index (χ1n) is 9.24. The Labute approximate surface area is 160 Å². The Bertz CT molecular complexity index is 725. The lowest BCUT2D eigenvalue weighted by molar-refractivity contribution is 0.0162. The van der Waals surface area contributed by atoms with Crippen molar-refractivity contribution < 1.29 is 14.3 Å². The molecule has 1 unspecified atom stereocenters. The summed E-state index contributed by atoms with van der Waals surface area (Å²) in [7, 11) is 1.66. The summed E-state index contributed by atoms with van der Waals surface area (Å²) in [5, 5.41) is 3.08. The maximum atomic E-state index is 12.6. The second-order valence-electron chi connectivity index (χ2n) is 6.55. The van der Waals surface area contributed by atoms with Gasteiger partial charge in [0.15, 0.2) is 0 Å². The van der Waals surface area contributed by atoms with Gasteiger partial charge < -0.3 is 20.5 Å². The van der Waals surface area contributed by atoms with Crippen molar-refractivity contribution in [2.24, 2.45) is 5.73 Å². The standard InChI is InChI=1S/C21H27N3O3/c1-26-19-8-6-17(7-9-19)20(24-10-12-27-13-11-24)15-23-21(25)18-4-2-16(14-22)3-5-18/h2-9,20H,10-15,22H2,1H3,(H,23,25). The van der Waals surface area contributed by atoms with Crippen molar-refractivity contribution in [2.75, 3.05) is 40.0 Å². The van der Waals surface area contributed by atoms with Crippen molar-refractivity contribution in [3.8, 4) is 5.75 Å². The molecule has 1 atom stereocenters. The van der Waals surface area contributed by atoms with E-state index in [1.165, 1.54) is 0 Å². The molecule has 0 radical (unpaired) electrons. The van der Waals surface area contributed by atoms with Crippen molar-refractivity contribution >= 4 is 5.91 Å². The summed E-state index contributed by atoms with van der Waals surface area (Å²) in [5.74, 6) is 0.744. The number of ether oxygens (including phenoxy) is 2. The van der Waals surface area contributed by atoms with E-state index in [4.69, 9.17) is 15.2 Å². The van der Waals surface area contributed by atoms with Crippen LogP contribution < -0.4 is 15.8 Å². The van der Waals surface area contributed by atoms with Gasteiger partial charge in [0, 0.05) is 31.7 Å². The van der Waals surface area contributed by atoms with Gasteiger partial charge in [0.05, 0.1) is 26.4 Å². The molecule has 6 heteroatoms. The maximum absolute atomic E-state index is 12.6. The molecule has 1 aliphatic rings. The first kappa shape index (κ1) is 19.4. The Kier molecular flexibility index (Phi) is 6.81. The van der Waals surface area contributed by atoms with Crippen LogP contribution in [0.1, 0.15) is 27.5 Å². The molecule has 144 valence electrons. The van der Waals surface area contributed by atoms with Crippen LogP contribution in [0.2, 0.25) is 0 Å². The van der Waals surface area contributed by atoms with Gasteiger partial charge in [-0.15, -0.1) is 0 Å². The molecule has 0 aliphatic carbocycles. The van der Waals surface area contributed by atoms with Gasteiger partial charge in [-0.3, -0.25) is 9.69 Å². The summed E-state index contributed by atoms with van der Waals surface area (Å²) in [6.45, 7) is 4.11. The summed E-state index contributed by atoms with van der Waals surface area (Å²) in [6.07, 6.45) is 0. The lowest BCUT2D eigenvalue weighted by Gasteiger charge is -2.35. The number of methoxy groups -OCH3 is 1. The molecule has 3 N–H and O–H groups in total. The molecule has 1 heterocycles. The Morgan fingerprint density at radius 2 is 1.81 bits per heavy atom. The van der Waals surface area contributed by atoms with Crippen molar-refractivity contribution in [1.29, 1.82) is 0 Å². The van der Waals surface area contributed by atoms with Crippen LogP contribution in [-0.2, 0) is 11.3 Å². The number of benzene rings is 2. The average Bonchev–Trinajstić information content (AvgIpc) is 2.75. The van der Waals surface area contributed by atoms with E-state index in [0.717, 1.165) is 30.0 Å². The van der Waals surface area contributed by atoms with E-state index in [2.05, 4.69) is 22.3 Å². The van der Waals surface area contributed by atoms with Crippen molar-refractivity contribution in [3.63, 3.8) is 0 Å². The highest BCUT2D eigenvalue weighted by Gasteiger charge is 2.23. The lowest BCUT2D eigenvalue weighted by atomic mass is 10.0. The van der Waals surface area contributed by atoms with Gasteiger partial charge in [-0.1, -0.05) is 24.3 Å². The van der Waals surface area contributed by atoms with Gasteiger partial charge in [0.1, 0.15) is 5.75 Å². The fraction of sp³-hybridized carbons (Fsp3) is 0.381. The van der Waals surface area contributed by atoms with Crippen LogP contribution in [0.25, 0.3) is 0 Å². The molecule has 1 saturated heterocycles. The minimum absolute atomic E-state index is 0.0784. The fourth-order valence-corrected chi connectivity index (χ4v) is 3.26. The lowest BCUT2D eigenvalue weighted by Crippen LogP contribution is -2.43. The van der Waals surface area contributed by atoms with E-state index < -0.39 is 0 Å². The van der Waals surface area contributed by atoms with E-state index in [9.17, 15) is 4.79 Å². The maximum Gasteiger partial charge on any atom is 0.251 e. The molecule has 1 amide bonds. The van der Waals surface area contributed by atoms with Crippen LogP contribution in [0, 0.1) is 0 Å². The molecule has 0 saturated carbocycles. The molecule has 0 spiro atoms. The van der Waals surface area contributed by atoms with E-state index in [0.29, 0.717) is 31.9 Å². The number of hydrogen-bond donors (Lipinski definition) is 2. The van der Waals surface area contributed by atoms with Crippen LogP contribution >= 0.6 is 0 Å². The highest BCUT2D eigenvalue weighted by atomic mass is 16.5. The SMILES string of the molecule is COc1ccc(C(CNC(=O)c2ccc(CN)cc2)N2CCOCC2)cc1. The first-order valence-corrected chi connectivity index (χ1v) is 9.24. The number of amides is 1. The number of nitrogens with zero attached hydrogens (tertiary/aromatic N) is 1. The number of nitrogens with two attached hydrogens (primary N) is 1. The summed E-state index contributed by atoms with van der Waals surface area (Å²) < 4.78 is 10.7. The fourth-order valence-electron chi connectivity index (χ4n) is 3.26. The predicted molar refractivity (Wildman–Crippen MR) is 105 cm³/mol. The molecular weight excluding hydrogens is 342 g/mol. The zero-order valence-electron chi connectivity index (χ0n) is 15.7. The van der Waals surface area contributed by atoms with Gasteiger partial charge in [0.25, 0.3) is 5.91 Å². The van der Waals surface area contributed by atoms with E-state index in [-0.39, 0.29) is 11.9 Å². The number of hydrogen-bond acceptors (Lipinski definition) is 5. The third-order valence-corrected chi connectivity index (χ3v) is 4.89. The van der Waals surface area contributed by atoms with Crippen molar-refractivity contribution in [1.82, 2.24) is 10.2 Å². The van der Waals surface area contributed by atoms with Gasteiger partial charge in [0.2, 0.25) is 0 Å². The van der Waals surface area contributed by atoms with Crippen LogP contribution in [0.4, 0.5) is 0 Å². The molecule has 3 rings (SSSR count). The van der Waals surface area contributed by atoms with Crippen molar-refractivity contribution in [3.05, 3.63) is 65.2 Å². The Balaban J connectivity index is 1.70. The van der Waals surface area contributed by atoms with E-state index in [1.54, 1.807) is 7.11 Å². The molecule has 1 fully saturated rings. The monoisotopic (exact) mass is 369 g/mol. The minimum Gasteiger partial charge on any atom is -0.497 e. The van der Waals surface area contributed by atoms with Crippen LogP contribution in [0.5, 0.6) is 5.75 Å². The predicted octanol–water partition coefficient (Wildman–Crippen LogP) is 1.96. The average molecular weight is 369 g/mol. The zero-order chi connectivity index (χ0) is 19.1. The molecular formula is C21H27N3O3. The zero-order valence-corrected chi connectivity index (χ0v) is 15.7.